The van der Waals surface area contributed by atoms with Crippen molar-refractivity contribution >= 4 is 23.3 Å². The number of anilines is 1. The molecule has 1 aliphatic heterocycles. The van der Waals surface area contributed by atoms with Crippen molar-refractivity contribution in [3.05, 3.63) is 58.8 Å². The van der Waals surface area contributed by atoms with Crippen LogP contribution < -0.4 is 5.06 Å². The molecule has 0 saturated carbocycles. The zero-order chi connectivity index (χ0) is 22.8. The fraction of sp³-hybridized carbons (Fsp3) is 0.350. The molecule has 4 rings (SSSR count). The van der Waals surface area contributed by atoms with Gasteiger partial charge in [0.15, 0.2) is 5.82 Å². The van der Waals surface area contributed by atoms with Crippen molar-refractivity contribution in [2.24, 2.45) is 0 Å². The van der Waals surface area contributed by atoms with E-state index in [9.17, 15) is 13.6 Å². The number of alkyl halides is 2. The predicted molar refractivity (Wildman–Crippen MR) is 112 cm³/mol. The maximum atomic E-state index is 13.4. The van der Waals surface area contributed by atoms with Crippen LogP contribution in [0, 0.1) is 6.92 Å². The first kappa shape index (κ1) is 22.0. The Hall–Kier alpha value is -3.18. The summed E-state index contributed by atoms with van der Waals surface area (Å²) in [6.45, 7) is 4.10. The number of aryl methyl sites for hydroxylation is 1. The second kappa shape index (κ2) is 9.13. The van der Waals surface area contributed by atoms with Gasteiger partial charge in [0.1, 0.15) is 17.6 Å². The molecule has 1 fully saturated rings. The van der Waals surface area contributed by atoms with Crippen LogP contribution in [0.1, 0.15) is 35.2 Å². The predicted octanol–water partition coefficient (Wildman–Crippen LogP) is 3.24. The lowest BCUT2D eigenvalue weighted by Gasteiger charge is -2.23. The lowest BCUT2D eigenvalue weighted by atomic mass is 10.1. The third kappa shape index (κ3) is 4.68. The van der Waals surface area contributed by atoms with Gasteiger partial charge in [0.2, 0.25) is 0 Å². The fourth-order valence-corrected chi connectivity index (χ4v) is 3.62. The molecular weight excluding hydrogens is 444 g/mol. The molecule has 12 heteroatoms. The number of hydrogen-bond acceptors (Lipinski definition) is 7. The van der Waals surface area contributed by atoms with E-state index >= 15 is 0 Å². The fourth-order valence-electron chi connectivity index (χ4n) is 3.45. The van der Waals surface area contributed by atoms with E-state index in [0.29, 0.717) is 16.3 Å². The van der Waals surface area contributed by atoms with Gasteiger partial charge in [-0.1, -0.05) is 11.6 Å². The number of halogens is 3. The van der Waals surface area contributed by atoms with Crippen molar-refractivity contribution in [2.75, 3.05) is 24.7 Å². The maximum absolute atomic E-state index is 13.4. The van der Waals surface area contributed by atoms with Crippen LogP contribution in [-0.2, 0) is 4.84 Å². The first-order chi connectivity index (χ1) is 15.3. The van der Waals surface area contributed by atoms with Gasteiger partial charge in [0.05, 0.1) is 30.2 Å². The summed E-state index contributed by atoms with van der Waals surface area (Å²) in [5.41, 5.74) is 0.454. The Morgan fingerprint density at radius 3 is 2.66 bits per heavy atom. The van der Waals surface area contributed by atoms with Crippen LogP contribution in [0.4, 0.5) is 14.6 Å². The van der Waals surface area contributed by atoms with Crippen LogP contribution in [0.15, 0.2) is 36.7 Å². The Morgan fingerprint density at radius 1 is 1.19 bits per heavy atom. The van der Waals surface area contributed by atoms with Crippen molar-refractivity contribution in [2.45, 2.75) is 26.4 Å². The summed E-state index contributed by atoms with van der Waals surface area (Å²) in [5.74, 6) is 0.156. The van der Waals surface area contributed by atoms with Crippen LogP contribution in [0.2, 0.25) is 5.02 Å². The number of carbonyl (C=O) groups excluding carboxylic acids is 1. The summed E-state index contributed by atoms with van der Waals surface area (Å²) in [6, 6.07) is 6.10. The van der Waals surface area contributed by atoms with E-state index in [4.69, 9.17) is 16.4 Å². The molecule has 0 N–H and O–H groups in total. The van der Waals surface area contributed by atoms with Gasteiger partial charge in [-0.2, -0.15) is 15.0 Å². The molecule has 0 aliphatic carbocycles. The topological polar surface area (TPSA) is 89.3 Å². The maximum Gasteiger partial charge on any atom is 0.280 e. The normalized spacial score (nSPS) is 17.0. The van der Waals surface area contributed by atoms with E-state index < -0.39 is 12.5 Å². The monoisotopic (exact) mass is 463 g/mol. The van der Waals surface area contributed by atoms with Gasteiger partial charge < -0.3 is 4.90 Å². The second-order valence-corrected chi connectivity index (χ2v) is 7.68. The number of amides is 1. The van der Waals surface area contributed by atoms with Crippen LogP contribution in [0.3, 0.4) is 0 Å². The summed E-state index contributed by atoms with van der Waals surface area (Å²) in [7, 11) is 0. The standard InChI is InChI=1S/C20H20ClF2N7O2/c1-12-11-28(7-8-29(32-12)18-10-16(19(22)23)26-13(2)27-18)20(31)15-9-14(21)3-4-17(15)30-24-5-6-25-30/h3-6,9-10,12,19H,7-8,11H2,1-2H3/t12-/m0/s1. The van der Waals surface area contributed by atoms with Crippen molar-refractivity contribution in [3.8, 4) is 5.69 Å². The van der Waals surface area contributed by atoms with Crippen LogP contribution in [0.5, 0.6) is 0 Å². The van der Waals surface area contributed by atoms with Gasteiger partial charge in [-0.15, -0.1) is 0 Å². The third-order valence-corrected chi connectivity index (χ3v) is 5.03. The lowest BCUT2D eigenvalue weighted by Crippen LogP contribution is -2.37. The smallest absolute Gasteiger partial charge is 0.280 e. The molecule has 9 nitrogen and oxygen atoms in total. The van der Waals surface area contributed by atoms with E-state index in [2.05, 4.69) is 20.2 Å². The molecule has 3 heterocycles. The average molecular weight is 464 g/mol. The summed E-state index contributed by atoms with van der Waals surface area (Å²) in [5, 5.41) is 10.0. The molecular formula is C20H20ClF2N7O2. The molecule has 1 aromatic carbocycles. The van der Waals surface area contributed by atoms with Gasteiger partial charge in [-0.25, -0.2) is 23.8 Å². The molecule has 32 heavy (non-hydrogen) atoms. The van der Waals surface area contributed by atoms with Crippen LogP contribution in [0.25, 0.3) is 5.69 Å². The quantitative estimate of drug-likeness (QED) is 0.586. The zero-order valence-electron chi connectivity index (χ0n) is 17.3. The molecule has 3 aromatic rings. The molecule has 0 unspecified atom stereocenters. The van der Waals surface area contributed by atoms with Gasteiger partial charge in [-0.05, 0) is 32.0 Å². The minimum atomic E-state index is -2.73. The van der Waals surface area contributed by atoms with Gasteiger partial charge in [-0.3, -0.25) is 9.63 Å². The van der Waals surface area contributed by atoms with E-state index in [1.165, 1.54) is 35.2 Å². The highest BCUT2D eigenvalue weighted by atomic mass is 35.5. The number of hydroxylamine groups is 1. The molecule has 1 saturated heterocycles. The minimum Gasteiger partial charge on any atom is -0.334 e. The third-order valence-electron chi connectivity index (χ3n) is 4.79. The second-order valence-electron chi connectivity index (χ2n) is 7.25. The Kier molecular flexibility index (Phi) is 6.28. The first-order valence-electron chi connectivity index (χ1n) is 9.85. The number of benzene rings is 1. The molecule has 1 atom stereocenters. The van der Waals surface area contributed by atoms with E-state index in [-0.39, 0.29) is 42.9 Å². The van der Waals surface area contributed by atoms with Crippen molar-refractivity contribution < 1.29 is 18.4 Å². The molecule has 1 amide bonds. The number of rotatable bonds is 4. The van der Waals surface area contributed by atoms with Crippen LogP contribution >= 0.6 is 11.6 Å². The number of nitrogens with zero attached hydrogens (tertiary/aromatic N) is 7. The van der Waals surface area contributed by atoms with Gasteiger partial charge >= 0.3 is 0 Å². The Morgan fingerprint density at radius 2 is 1.94 bits per heavy atom. The minimum absolute atomic E-state index is 0.210. The number of hydrogen-bond donors (Lipinski definition) is 0. The largest absolute Gasteiger partial charge is 0.334 e. The van der Waals surface area contributed by atoms with Crippen molar-refractivity contribution in [1.29, 1.82) is 0 Å². The SMILES string of the molecule is Cc1nc(C(F)F)cc(N2CCN(C(=O)c3cc(Cl)ccc3-n3nccn3)C[C@H](C)O2)n1. The molecule has 0 radical (unpaired) electrons. The Balaban J connectivity index is 1.59. The van der Waals surface area contributed by atoms with Crippen molar-refractivity contribution in [1.82, 2.24) is 29.9 Å². The Bertz CT molecular complexity index is 1110. The van der Waals surface area contributed by atoms with Crippen LogP contribution in [-0.4, -0.2) is 61.5 Å². The summed E-state index contributed by atoms with van der Waals surface area (Å²) in [6.07, 6.45) is -0.118. The summed E-state index contributed by atoms with van der Waals surface area (Å²) >= 11 is 6.15. The van der Waals surface area contributed by atoms with E-state index in [0.717, 1.165) is 0 Å². The highest BCUT2D eigenvalue weighted by Crippen LogP contribution is 2.25. The molecule has 168 valence electrons. The average Bonchev–Trinajstić information content (AvgIpc) is 3.21. The highest BCUT2D eigenvalue weighted by molar-refractivity contribution is 6.31. The zero-order valence-corrected chi connectivity index (χ0v) is 18.1. The van der Waals surface area contributed by atoms with Gasteiger partial charge in [0, 0.05) is 24.2 Å². The highest BCUT2D eigenvalue weighted by Gasteiger charge is 2.28. The Labute approximate surface area is 187 Å². The molecule has 2 aromatic heterocycles. The lowest BCUT2D eigenvalue weighted by molar-refractivity contribution is 0.0421. The van der Waals surface area contributed by atoms with E-state index in [1.54, 1.807) is 30.0 Å². The molecule has 0 spiro atoms. The van der Waals surface area contributed by atoms with Gasteiger partial charge in [0.25, 0.3) is 12.3 Å². The first-order valence-corrected chi connectivity index (χ1v) is 10.2. The number of carbonyl (C=O) groups is 1. The summed E-state index contributed by atoms with van der Waals surface area (Å²) in [4.78, 5) is 30.2. The van der Waals surface area contributed by atoms with E-state index in [1.807, 2.05) is 0 Å². The molecule has 1 aliphatic rings. The van der Waals surface area contributed by atoms with Crippen molar-refractivity contribution in [3.63, 3.8) is 0 Å². The molecule has 0 bridgehead atoms. The number of aromatic nitrogens is 5. The summed E-state index contributed by atoms with van der Waals surface area (Å²) < 4.78 is 26.3.